The van der Waals surface area contributed by atoms with Gasteiger partial charge < -0.3 is 4.74 Å². The van der Waals surface area contributed by atoms with Gasteiger partial charge >= 0.3 is 6.18 Å². The number of hydrogen-bond donors (Lipinski definition) is 0. The first kappa shape index (κ1) is 14.5. The molecular formula is C14H7F3N2O2. The molecule has 0 aliphatic carbocycles. The van der Waals surface area contributed by atoms with E-state index >= 15 is 0 Å². The van der Waals surface area contributed by atoms with Gasteiger partial charge in [-0.2, -0.15) is 18.4 Å². The molecule has 21 heavy (non-hydrogen) atoms. The molecule has 0 aliphatic rings. The number of aromatic nitrogens is 1. The highest BCUT2D eigenvalue weighted by Gasteiger charge is 2.35. The number of pyridine rings is 1. The Morgan fingerprint density at radius 2 is 2.05 bits per heavy atom. The molecule has 0 aliphatic heterocycles. The van der Waals surface area contributed by atoms with Crippen molar-refractivity contribution in [1.29, 1.82) is 5.26 Å². The van der Waals surface area contributed by atoms with Crippen LogP contribution < -0.4 is 4.74 Å². The molecule has 0 spiro atoms. The molecule has 0 saturated carbocycles. The van der Waals surface area contributed by atoms with Gasteiger partial charge in [-0.1, -0.05) is 0 Å². The maximum Gasteiger partial charge on any atom is 0.420 e. The Morgan fingerprint density at radius 1 is 1.29 bits per heavy atom. The molecule has 0 saturated heterocycles. The minimum atomic E-state index is -4.70. The number of benzene rings is 1. The van der Waals surface area contributed by atoms with Crippen LogP contribution in [-0.2, 0) is 6.18 Å². The number of halogens is 3. The highest BCUT2D eigenvalue weighted by Crippen LogP contribution is 2.38. The lowest BCUT2D eigenvalue weighted by atomic mass is 10.1. The molecule has 1 heterocycles. The molecule has 106 valence electrons. The van der Waals surface area contributed by atoms with E-state index in [-0.39, 0.29) is 17.0 Å². The predicted molar refractivity (Wildman–Crippen MR) is 65.9 cm³/mol. The van der Waals surface area contributed by atoms with E-state index in [0.717, 1.165) is 6.07 Å². The van der Waals surface area contributed by atoms with Crippen LogP contribution in [0.2, 0.25) is 0 Å². The molecule has 0 amide bonds. The molecule has 1 aromatic heterocycles. The molecule has 0 bridgehead atoms. The summed E-state index contributed by atoms with van der Waals surface area (Å²) in [6.07, 6.45) is -2.98. The third-order valence-corrected chi connectivity index (χ3v) is 2.55. The highest BCUT2D eigenvalue weighted by atomic mass is 19.4. The van der Waals surface area contributed by atoms with Gasteiger partial charge in [0.2, 0.25) is 5.88 Å². The van der Waals surface area contributed by atoms with Crippen molar-refractivity contribution in [3.63, 3.8) is 0 Å². The predicted octanol–water partition coefficient (Wildman–Crippen LogP) is 3.58. The van der Waals surface area contributed by atoms with Crippen molar-refractivity contribution in [2.45, 2.75) is 6.18 Å². The first-order valence-electron chi connectivity index (χ1n) is 5.65. The number of nitriles is 1. The summed E-state index contributed by atoms with van der Waals surface area (Å²) < 4.78 is 44.0. The van der Waals surface area contributed by atoms with Gasteiger partial charge in [-0.05, 0) is 30.3 Å². The average Bonchev–Trinajstić information content (AvgIpc) is 2.47. The molecule has 0 fully saturated rings. The van der Waals surface area contributed by atoms with E-state index in [2.05, 4.69) is 4.98 Å². The van der Waals surface area contributed by atoms with Gasteiger partial charge in [0, 0.05) is 6.20 Å². The van der Waals surface area contributed by atoms with Gasteiger partial charge in [0.05, 0.1) is 22.8 Å². The van der Waals surface area contributed by atoms with E-state index < -0.39 is 17.5 Å². The first-order valence-corrected chi connectivity index (χ1v) is 5.65. The molecule has 2 aromatic rings. The number of aldehydes is 1. The van der Waals surface area contributed by atoms with Crippen LogP contribution in [0.15, 0.2) is 36.5 Å². The summed E-state index contributed by atoms with van der Waals surface area (Å²) in [4.78, 5) is 14.5. The van der Waals surface area contributed by atoms with Crippen molar-refractivity contribution in [3.05, 3.63) is 53.2 Å². The van der Waals surface area contributed by atoms with Crippen molar-refractivity contribution in [1.82, 2.24) is 4.98 Å². The van der Waals surface area contributed by atoms with E-state index in [1.165, 1.54) is 24.4 Å². The van der Waals surface area contributed by atoms with Crippen LogP contribution in [-0.4, -0.2) is 11.3 Å². The number of alkyl halides is 3. The maximum atomic E-state index is 13.0. The monoisotopic (exact) mass is 292 g/mol. The number of carbonyl (C=O) groups is 1. The van der Waals surface area contributed by atoms with Gasteiger partial charge in [-0.15, -0.1) is 0 Å². The fraction of sp³-hybridized carbons (Fsp3) is 0.0714. The van der Waals surface area contributed by atoms with E-state index in [1.807, 2.05) is 0 Å². The number of nitrogens with zero attached hydrogens (tertiary/aromatic N) is 2. The second kappa shape index (κ2) is 5.63. The fourth-order valence-corrected chi connectivity index (χ4v) is 1.59. The van der Waals surface area contributed by atoms with Crippen LogP contribution in [0.5, 0.6) is 11.6 Å². The molecule has 7 heteroatoms. The molecule has 0 atom stereocenters. The molecule has 0 N–H and O–H groups in total. The number of hydrogen-bond acceptors (Lipinski definition) is 4. The third-order valence-electron chi connectivity index (χ3n) is 2.55. The van der Waals surface area contributed by atoms with Crippen molar-refractivity contribution in [3.8, 4) is 17.7 Å². The summed E-state index contributed by atoms with van der Waals surface area (Å²) in [5.74, 6) is -0.758. The quantitative estimate of drug-likeness (QED) is 0.811. The Balaban J connectivity index is 2.50. The first-order chi connectivity index (χ1) is 9.95. The number of carbonyl (C=O) groups excluding carboxylic acids is 1. The highest BCUT2D eigenvalue weighted by molar-refractivity contribution is 5.78. The Kier molecular flexibility index (Phi) is 3.89. The Hall–Kier alpha value is -2.88. The smallest absolute Gasteiger partial charge is 0.420 e. The summed E-state index contributed by atoms with van der Waals surface area (Å²) in [5, 5.41) is 8.67. The van der Waals surface area contributed by atoms with Gasteiger partial charge in [0.15, 0.2) is 6.29 Å². The summed E-state index contributed by atoms with van der Waals surface area (Å²) >= 11 is 0. The molecule has 4 nitrogen and oxygen atoms in total. The minimum absolute atomic E-state index is 0.0231. The van der Waals surface area contributed by atoms with Crippen LogP contribution in [0.1, 0.15) is 21.5 Å². The SMILES string of the molecule is N#Cc1ccc(Oc2ncccc2C=O)c(C(F)(F)F)c1. The zero-order valence-corrected chi connectivity index (χ0v) is 10.4. The topological polar surface area (TPSA) is 63.0 Å². The van der Waals surface area contributed by atoms with Crippen molar-refractivity contribution < 1.29 is 22.7 Å². The summed E-state index contributed by atoms with van der Waals surface area (Å²) in [5.41, 5.74) is -1.23. The fourth-order valence-electron chi connectivity index (χ4n) is 1.59. The zero-order valence-electron chi connectivity index (χ0n) is 10.4. The van der Waals surface area contributed by atoms with Gasteiger partial charge in [-0.3, -0.25) is 4.79 Å². The van der Waals surface area contributed by atoms with Crippen LogP contribution in [0.3, 0.4) is 0 Å². The Labute approximate surface area is 117 Å². The Morgan fingerprint density at radius 3 is 2.67 bits per heavy atom. The molecule has 1 aromatic carbocycles. The van der Waals surface area contributed by atoms with Gasteiger partial charge in [0.25, 0.3) is 0 Å². The lowest BCUT2D eigenvalue weighted by Crippen LogP contribution is -2.08. The average molecular weight is 292 g/mol. The van der Waals surface area contributed by atoms with Crippen LogP contribution in [0.4, 0.5) is 13.2 Å². The standard InChI is InChI=1S/C14H7F3N2O2/c15-14(16,17)11-6-9(7-18)3-4-12(11)21-13-10(8-20)2-1-5-19-13/h1-6,8H. The largest absolute Gasteiger partial charge is 0.438 e. The van der Waals surface area contributed by atoms with Gasteiger partial charge in [-0.25, -0.2) is 4.98 Å². The second-order valence-electron chi connectivity index (χ2n) is 3.94. The summed E-state index contributed by atoms with van der Waals surface area (Å²) in [7, 11) is 0. The Bertz CT molecular complexity index is 721. The van der Waals surface area contributed by atoms with Crippen LogP contribution >= 0.6 is 0 Å². The van der Waals surface area contributed by atoms with Crippen molar-refractivity contribution in [2.24, 2.45) is 0 Å². The van der Waals surface area contributed by atoms with Crippen LogP contribution in [0, 0.1) is 11.3 Å². The van der Waals surface area contributed by atoms with E-state index in [4.69, 9.17) is 10.00 Å². The van der Waals surface area contributed by atoms with Crippen molar-refractivity contribution >= 4 is 6.29 Å². The molecular weight excluding hydrogens is 285 g/mol. The normalized spacial score (nSPS) is 10.8. The maximum absolute atomic E-state index is 13.0. The lowest BCUT2D eigenvalue weighted by Gasteiger charge is -2.14. The zero-order chi connectivity index (χ0) is 15.5. The molecule has 2 rings (SSSR count). The molecule has 0 radical (unpaired) electrons. The second-order valence-corrected chi connectivity index (χ2v) is 3.94. The number of rotatable bonds is 3. The minimum Gasteiger partial charge on any atom is -0.438 e. The van der Waals surface area contributed by atoms with Crippen molar-refractivity contribution in [2.75, 3.05) is 0 Å². The van der Waals surface area contributed by atoms with Crippen LogP contribution in [0.25, 0.3) is 0 Å². The van der Waals surface area contributed by atoms with Gasteiger partial charge in [0.1, 0.15) is 5.75 Å². The van der Waals surface area contributed by atoms with E-state index in [1.54, 1.807) is 6.07 Å². The summed E-state index contributed by atoms with van der Waals surface area (Å²) in [6, 6.07) is 7.34. The van der Waals surface area contributed by atoms with E-state index in [9.17, 15) is 18.0 Å². The molecule has 0 unspecified atom stereocenters. The van der Waals surface area contributed by atoms with E-state index in [0.29, 0.717) is 12.4 Å². The summed E-state index contributed by atoms with van der Waals surface area (Å²) in [6.45, 7) is 0. The third kappa shape index (κ3) is 3.17. The lowest BCUT2D eigenvalue weighted by molar-refractivity contribution is -0.138. The number of ether oxygens (including phenoxy) is 1.